The van der Waals surface area contributed by atoms with Crippen LogP contribution in [0, 0.1) is 0 Å². The Morgan fingerprint density at radius 2 is 1.62 bits per heavy atom. The number of nitrogens with zero attached hydrogens (tertiary/aromatic N) is 1. The summed E-state index contributed by atoms with van der Waals surface area (Å²) in [5, 5.41) is 8.98. The first-order valence-corrected chi connectivity index (χ1v) is 8.15. The van der Waals surface area contributed by atoms with E-state index in [2.05, 4.69) is 17.1 Å². The van der Waals surface area contributed by atoms with Crippen LogP contribution in [0.1, 0.15) is 37.4 Å². The van der Waals surface area contributed by atoms with Gasteiger partial charge in [0.25, 0.3) is 0 Å². The van der Waals surface area contributed by atoms with Crippen molar-refractivity contribution in [2.75, 3.05) is 0 Å². The smallest absolute Gasteiger partial charge is 0.337 e. The van der Waals surface area contributed by atoms with Crippen LogP contribution in [0.15, 0.2) is 79.1 Å². The van der Waals surface area contributed by atoms with Crippen LogP contribution in [0.4, 0.5) is 0 Å². The Bertz CT molecular complexity index is 962. The number of benzene rings is 2. The number of carboxylic acids is 1. The number of ketones is 1. The summed E-state index contributed by atoms with van der Waals surface area (Å²) in [6.45, 7) is 0. The summed E-state index contributed by atoms with van der Waals surface area (Å²) in [6, 6.07) is 19.4. The molecule has 0 spiro atoms. The first-order valence-electron chi connectivity index (χ1n) is 8.15. The molecule has 0 unspecified atom stereocenters. The van der Waals surface area contributed by atoms with Crippen LogP contribution in [0.3, 0.4) is 0 Å². The number of allylic oxidation sites excluding steroid dienone is 1. The van der Waals surface area contributed by atoms with E-state index in [4.69, 9.17) is 5.11 Å². The standard InChI is InChI=1S/C22H17NO3/c24-21(19-13-20(22(25)26)15-23-14-19)10-9-17-7-4-8-18(12-17)11-16-5-2-1-3-6-16/h1-10,12-15H,11H2,(H,25,26)/b10-9+. The highest BCUT2D eigenvalue weighted by atomic mass is 16.4. The Morgan fingerprint density at radius 1 is 0.885 bits per heavy atom. The second kappa shape index (κ2) is 8.03. The van der Waals surface area contributed by atoms with Crippen molar-refractivity contribution in [3.05, 3.63) is 107 Å². The van der Waals surface area contributed by atoms with Crippen molar-refractivity contribution in [3.63, 3.8) is 0 Å². The maximum Gasteiger partial charge on any atom is 0.337 e. The van der Waals surface area contributed by atoms with Gasteiger partial charge in [0.2, 0.25) is 0 Å². The minimum atomic E-state index is -1.11. The summed E-state index contributed by atoms with van der Waals surface area (Å²) in [5.74, 6) is -1.39. The highest BCUT2D eigenvalue weighted by Crippen LogP contribution is 2.13. The van der Waals surface area contributed by atoms with Gasteiger partial charge in [0.05, 0.1) is 5.56 Å². The Labute approximate surface area is 151 Å². The molecule has 0 radical (unpaired) electrons. The molecule has 1 heterocycles. The van der Waals surface area contributed by atoms with Gasteiger partial charge in [-0.25, -0.2) is 4.79 Å². The van der Waals surface area contributed by atoms with Crippen molar-refractivity contribution in [2.24, 2.45) is 0 Å². The van der Waals surface area contributed by atoms with Gasteiger partial charge in [0, 0.05) is 18.0 Å². The molecule has 0 aliphatic heterocycles. The van der Waals surface area contributed by atoms with Crippen LogP contribution in [0.2, 0.25) is 0 Å². The lowest BCUT2D eigenvalue weighted by molar-refractivity contribution is 0.0696. The molecule has 1 aromatic heterocycles. The molecule has 1 N–H and O–H groups in total. The quantitative estimate of drug-likeness (QED) is 0.536. The van der Waals surface area contributed by atoms with E-state index in [0.29, 0.717) is 0 Å². The molecule has 0 saturated heterocycles. The fourth-order valence-electron chi connectivity index (χ4n) is 2.60. The lowest BCUT2D eigenvalue weighted by Crippen LogP contribution is -2.02. The first-order chi connectivity index (χ1) is 12.6. The van der Waals surface area contributed by atoms with Crippen molar-refractivity contribution in [1.29, 1.82) is 0 Å². The van der Waals surface area contributed by atoms with Crippen molar-refractivity contribution in [1.82, 2.24) is 4.98 Å². The molecule has 26 heavy (non-hydrogen) atoms. The normalized spacial score (nSPS) is 10.8. The molecule has 0 amide bonds. The Morgan fingerprint density at radius 3 is 2.38 bits per heavy atom. The molecule has 3 aromatic rings. The number of hydrogen-bond acceptors (Lipinski definition) is 3. The Balaban J connectivity index is 1.74. The molecule has 4 nitrogen and oxygen atoms in total. The summed E-state index contributed by atoms with van der Waals surface area (Å²) >= 11 is 0. The number of rotatable bonds is 6. The fraction of sp³-hybridized carbons (Fsp3) is 0.0455. The highest BCUT2D eigenvalue weighted by molar-refractivity contribution is 6.07. The van der Waals surface area contributed by atoms with E-state index in [1.807, 2.05) is 42.5 Å². The Kier molecular flexibility index (Phi) is 5.34. The summed E-state index contributed by atoms with van der Waals surface area (Å²) < 4.78 is 0. The van der Waals surface area contributed by atoms with Crippen molar-refractivity contribution >= 4 is 17.8 Å². The number of carboxylic acid groups (broad SMARTS) is 1. The molecule has 0 aliphatic carbocycles. The number of hydrogen-bond donors (Lipinski definition) is 1. The third kappa shape index (κ3) is 4.51. The third-order valence-corrected chi connectivity index (χ3v) is 3.90. The first kappa shape index (κ1) is 17.3. The number of pyridine rings is 1. The van der Waals surface area contributed by atoms with Gasteiger partial charge in [-0.2, -0.15) is 0 Å². The predicted molar refractivity (Wildman–Crippen MR) is 100 cm³/mol. The summed E-state index contributed by atoms with van der Waals surface area (Å²) in [4.78, 5) is 27.0. The van der Waals surface area contributed by atoms with E-state index >= 15 is 0 Å². The SMILES string of the molecule is O=C(O)c1cncc(C(=O)/C=C/c2cccc(Cc3ccccc3)c2)c1. The van der Waals surface area contributed by atoms with Crippen LogP contribution >= 0.6 is 0 Å². The molecule has 0 aliphatic rings. The number of carbonyl (C=O) groups is 2. The zero-order valence-electron chi connectivity index (χ0n) is 14.0. The summed E-state index contributed by atoms with van der Waals surface area (Å²) in [7, 11) is 0. The minimum absolute atomic E-state index is 0.00546. The molecular weight excluding hydrogens is 326 g/mol. The molecule has 0 fully saturated rings. The molecule has 128 valence electrons. The van der Waals surface area contributed by atoms with Crippen molar-refractivity contribution in [2.45, 2.75) is 6.42 Å². The topological polar surface area (TPSA) is 67.3 Å². The number of aromatic carboxylic acids is 1. The fourth-order valence-corrected chi connectivity index (χ4v) is 2.60. The van der Waals surface area contributed by atoms with E-state index in [0.717, 1.165) is 17.5 Å². The summed E-state index contributed by atoms with van der Waals surface area (Å²) in [5.41, 5.74) is 3.53. The predicted octanol–water partition coefficient (Wildman–Crippen LogP) is 4.27. The second-order valence-corrected chi connectivity index (χ2v) is 5.87. The van der Waals surface area contributed by atoms with Gasteiger partial charge in [0.15, 0.2) is 5.78 Å². The van der Waals surface area contributed by atoms with Crippen LogP contribution in [0.25, 0.3) is 6.08 Å². The van der Waals surface area contributed by atoms with Gasteiger partial charge in [-0.1, -0.05) is 60.7 Å². The highest BCUT2D eigenvalue weighted by Gasteiger charge is 2.08. The maximum absolute atomic E-state index is 12.2. The third-order valence-electron chi connectivity index (χ3n) is 3.90. The van der Waals surface area contributed by atoms with Gasteiger partial charge in [0.1, 0.15) is 0 Å². The largest absolute Gasteiger partial charge is 0.478 e. The van der Waals surface area contributed by atoms with E-state index in [-0.39, 0.29) is 16.9 Å². The van der Waals surface area contributed by atoms with Crippen molar-refractivity contribution in [3.8, 4) is 0 Å². The number of aromatic nitrogens is 1. The van der Waals surface area contributed by atoms with Crippen molar-refractivity contribution < 1.29 is 14.7 Å². The van der Waals surface area contributed by atoms with E-state index in [1.165, 1.54) is 30.1 Å². The summed E-state index contributed by atoms with van der Waals surface area (Å²) in [6.07, 6.45) is 6.57. The molecule has 0 bridgehead atoms. The van der Waals surface area contributed by atoms with E-state index < -0.39 is 5.97 Å². The minimum Gasteiger partial charge on any atom is -0.478 e. The molecule has 0 saturated carbocycles. The van der Waals surface area contributed by atoms with Crippen LogP contribution < -0.4 is 0 Å². The van der Waals surface area contributed by atoms with Gasteiger partial charge in [-0.15, -0.1) is 0 Å². The molecule has 3 rings (SSSR count). The lowest BCUT2D eigenvalue weighted by Gasteiger charge is -2.03. The average molecular weight is 343 g/mol. The van der Waals surface area contributed by atoms with Gasteiger partial charge >= 0.3 is 5.97 Å². The molecular formula is C22H17NO3. The maximum atomic E-state index is 12.2. The second-order valence-electron chi connectivity index (χ2n) is 5.87. The molecule has 0 atom stereocenters. The zero-order chi connectivity index (χ0) is 18.4. The monoisotopic (exact) mass is 343 g/mol. The van der Waals surface area contributed by atoms with E-state index in [9.17, 15) is 9.59 Å². The lowest BCUT2D eigenvalue weighted by atomic mass is 10.0. The van der Waals surface area contributed by atoms with Crippen LogP contribution in [-0.2, 0) is 6.42 Å². The zero-order valence-corrected chi connectivity index (χ0v) is 14.0. The van der Waals surface area contributed by atoms with Gasteiger partial charge in [-0.05, 0) is 35.3 Å². The van der Waals surface area contributed by atoms with Crippen LogP contribution in [-0.4, -0.2) is 21.8 Å². The van der Waals surface area contributed by atoms with Crippen LogP contribution in [0.5, 0.6) is 0 Å². The molecule has 4 heteroatoms. The van der Waals surface area contributed by atoms with E-state index in [1.54, 1.807) is 6.08 Å². The van der Waals surface area contributed by atoms with Gasteiger partial charge < -0.3 is 5.11 Å². The molecule has 2 aromatic carbocycles. The number of carbonyl (C=O) groups excluding carboxylic acids is 1. The Hall–Kier alpha value is -3.53. The van der Waals surface area contributed by atoms with Gasteiger partial charge in [-0.3, -0.25) is 9.78 Å². The average Bonchev–Trinajstić information content (AvgIpc) is 2.67.